The van der Waals surface area contributed by atoms with Crippen molar-refractivity contribution in [3.05, 3.63) is 40.9 Å². The first-order valence-corrected chi connectivity index (χ1v) is 7.52. The van der Waals surface area contributed by atoms with Gasteiger partial charge in [0.25, 0.3) is 0 Å². The number of benzene rings is 1. The van der Waals surface area contributed by atoms with E-state index in [0.29, 0.717) is 5.69 Å². The zero-order chi connectivity index (χ0) is 15.6. The lowest BCUT2D eigenvalue weighted by Gasteiger charge is -2.18. The molecule has 22 heavy (non-hydrogen) atoms. The number of imide groups is 1. The van der Waals surface area contributed by atoms with E-state index in [2.05, 4.69) is 0 Å². The van der Waals surface area contributed by atoms with Gasteiger partial charge in [0.15, 0.2) is 0 Å². The summed E-state index contributed by atoms with van der Waals surface area (Å²) in [5.74, 6) is -1.30. The average molecular weight is 317 g/mol. The molecule has 4 rings (SSSR count). The Morgan fingerprint density at radius 3 is 2.27 bits per heavy atom. The summed E-state index contributed by atoms with van der Waals surface area (Å²) >= 11 is 5.92. The zero-order valence-corrected chi connectivity index (χ0v) is 12.3. The monoisotopic (exact) mass is 316 g/mol. The standard InChI is InChI=1S/C16H13ClN2O3/c17-11-4-3-9(6-10(11)14(18)20)19-15(21)12-7-1-2-8(5-7)13(12)16(19)22/h1-4,6-8,12-13H,5H2,(H2,18,20)/t7-,8+,12+,13-. The van der Waals surface area contributed by atoms with Crippen LogP contribution in [0, 0.1) is 23.7 Å². The summed E-state index contributed by atoms with van der Waals surface area (Å²) in [4.78, 5) is 37.9. The van der Waals surface area contributed by atoms with Gasteiger partial charge < -0.3 is 5.73 Å². The normalized spacial score (nSPS) is 32.0. The summed E-state index contributed by atoms with van der Waals surface area (Å²) in [6.07, 6.45) is 4.96. The molecule has 6 heteroatoms. The zero-order valence-electron chi connectivity index (χ0n) is 11.5. The number of hydrogen-bond acceptors (Lipinski definition) is 3. The molecule has 0 spiro atoms. The Morgan fingerprint density at radius 2 is 1.73 bits per heavy atom. The minimum Gasteiger partial charge on any atom is -0.366 e. The largest absolute Gasteiger partial charge is 0.366 e. The summed E-state index contributed by atoms with van der Waals surface area (Å²) in [6.45, 7) is 0. The number of primary amides is 1. The molecule has 1 aliphatic heterocycles. The SMILES string of the molecule is NC(=O)c1cc(N2C(=O)[C@@H]3[C@H](C2=O)[C@H]2C=C[C@@H]3C2)ccc1Cl. The van der Waals surface area contributed by atoms with E-state index in [4.69, 9.17) is 17.3 Å². The fourth-order valence-electron chi connectivity index (χ4n) is 4.00. The second kappa shape index (κ2) is 4.43. The van der Waals surface area contributed by atoms with Crippen LogP contribution in [0.4, 0.5) is 5.69 Å². The van der Waals surface area contributed by atoms with Crippen LogP contribution < -0.4 is 10.6 Å². The van der Waals surface area contributed by atoms with Crippen molar-refractivity contribution in [2.75, 3.05) is 4.90 Å². The van der Waals surface area contributed by atoms with Crippen LogP contribution in [0.25, 0.3) is 0 Å². The number of rotatable bonds is 2. The second-order valence-corrected chi connectivity index (χ2v) is 6.45. The number of hydrogen-bond donors (Lipinski definition) is 1. The van der Waals surface area contributed by atoms with E-state index in [1.807, 2.05) is 12.2 Å². The third-order valence-corrected chi connectivity index (χ3v) is 5.27. The molecule has 2 fully saturated rings. The van der Waals surface area contributed by atoms with Crippen LogP contribution in [0.2, 0.25) is 5.02 Å². The maximum atomic E-state index is 12.7. The molecule has 5 nitrogen and oxygen atoms in total. The molecule has 2 aliphatic carbocycles. The molecular formula is C16H13ClN2O3. The van der Waals surface area contributed by atoms with Gasteiger partial charge in [-0.2, -0.15) is 0 Å². The van der Waals surface area contributed by atoms with Crippen molar-refractivity contribution in [2.24, 2.45) is 29.4 Å². The molecular weight excluding hydrogens is 304 g/mol. The number of nitrogens with zero attached hydrogens (tertiary/aromatic N) is 1. The number of fused-ring (bicyclic) bond motifs is 5. The Labute approximate surface area is 131 Å². The highest BCUT2D eigenvalue weighted by Gasteiger charge is 2.59. The van der Waals surface area contributed by atoms with Crippen molar-refractivity contribution in [3.63, 3.8) is 0 Å². The maximum absolute atomic E-state index is 12.7. The lowest BCUT2D eigenvalue weighted by Crippen LogP contribution is -2.33. The average Bonchev–Trinajstić information content (AvgIpc) is 3.14. The molecule has 0 radical (unpaired) electrons. The van der Waals surface area contributed by atoms with Crippen molar-refractivity contribution < 1.29 is 14.4 Å². The third-order valence-electron chi connectivity index (χ3n) is 4.94. The number of anilines is 1. The number of halogens is 1. The summed E-state index contributed by atoms with van der Waals surface area (Å²) in [7, 11) is 0. The Kier molecular flexibility index (Phi) is 2.72. The van der Waals surface area contributed by atoms with E-state index in [9.17, 15) is 14.4 Å². The van der Waals surface area contributed by atoms with Gasteiger partial charge in [0.1, 0.15) is 0 Å². The van der Waals surface area contributed by atoms with Crippen LogP contribution in [0.1, 0.15) is 16.8 Å². The van der Waals surface area contributed by atoms with Crippen molar-refractivity contribution >= 4 is 35.0 Å². The van der Waals surface area contributed by atoms with Crippen molar-refractivity contribution in [1.82, 2.24) is 0 Å². The molecule has 4 atom stereocenters. The van der Waals surface area contributed by atoms with Gasteiger partial charge in [-0.1, -0.05) is 23.8 Å². The lowest BCUT2D eigenvalue weighted by atomic mass is 9.85. The van der Waals surface area contributed by atoms with E-state index < -0.39 is 5.91 Å². The van der Waals surface area contributed by atoms with Crippen LogP contribution in [0.3, 0.4) is 0 Å². The molecule has 1 aromatic carbocycles. The third kappa shape index (κ3) is 1.63. The number of carbonyl (C=O) groups is 3. The van der Waals surface area contributed by atoms with Gasteiger partial charge in [-0.25, -0.2) is 4.90 Å². The highest BCUT2D eigenvalue weighted by atomic mass is 35.5. The molecule has 0 unspecified atom stereocenters. The van der Waals surface area contributed by atoms with E-state index >= 15 is 0 Å². The van der Waals surface area contributed by atoms with Crippen LogP contribution in [0.15, 0.2) is 30.4 Å². The number of amides is 3. The van der Waals surface area contributed by atoms with Gasteiger partial charge in [0, 0.05) is 0 Å². The second-order valence-electron chi connectivity index (χ2n) is 6.04. The van der Waals surface area contributed by atoms with Crippen molar-refractivity contribution in [3.8, 4) is 0 Å². The lowest BCUT2D eigenvalue weighted by molar-refractivity contribution is -0.123. The molecule has 1 heterocycles. The van der Waals surface area contributed by atoms with Gasteiger partial charge in [0.05, 0.1) is 28.1 Å². The predicted molar refractivity (Wildman–Crippen MR) is 80.2 cm³/mol. The smallest absolute Gasteiger partial charge is 0.250 e. The molecule has 112 valence electrons. The van der Waals surface area contributed by atoms with Crippen LogP contribution in [-0.4, -0.2) is 17.7 Å². The van der Waals surface area contributed by atoms with E-state index in [0.717, 1.165) is 6.42 Å². The first-order chi connectivity index (χ1) is 10.5. The van der Waals surface area contributed by atoms with Crippen LogP contribution >= 0.6 is 11.6 Å². The molecule has 0 aromatic heterocycles. The fourth-order valence-corrected chi connectivity index (χ4v) is 4.21. The molecule has 1 saturated carbocycles. The first kappa shape index (κ1) is 13.5. The quantitative estimate of drug-likeness (QED) is 0.666. The van der Waals surface area contributed by atoms with Crippen LogP contribution in [-0.2, 0) is 9.59 Å². The maximum Gasteiger partial charge on any atom is 0.250 e. The highest BCUT2D eigenvalue weighted by Crippen LogP contribution is 2.53. The predicted octanol–water partition coefficient (Wildman–Crippen LogP) is 1.75. The molecule has 3 amide bonds. The van der Waals surface area contributed by atoms with Crippen molar-refractivity contribution in [2.45, 2.75) is 6.42 Å². The van der Waals surface area contributed by atoms with E-state index in [1.54, 1.807) is 6.07 Å². The van der Waals surface area contributed by atoms with Crippen molar-refractivity contribution in [1.29, 1.82) is 0 Å². The van der Waals surface area contributed by atoms with E-state index in [1.165, 1.54) is 17.0 Å². The van der Waals surface area contributed by atoms with Gasteiger partial charge in [0.2, 0.25) is 17.7 Å². The highest BCUT2D eigenvalue weighted by molar-refractivity contribution is 6.34. The summed E-state index contributed by atoms with van der Waals surface area (Å²) in [5, 5.41) is 0.206. The Bertz CT molecular complexity index is 728. The minimum atomic E-state index is -0.687. The Balaban J connectivity index is 1.76. The van der Waals surface area contributed by atoms with Gasteiger partial charge in [-0.3, -0.25) is 14.4 Å². The fraction of sp³-hybridized carbons (Fsp3) is 0.312. The molecule has 1 saturated heterocycles. The number of allylic oxidation sites excluding steroid dienone is 2. The van der Waals surface area contributed by atoms with Gasteiger partial charge >= 0.3 is 0 Å². The number of carbonyl (C=O) groups excluding carboxylic acids is 3. The van der Waals surface area contributed by atoms with Gasteiger partial charge in [-0.15, -0.1) is 0 Å². The molecule has 2 N–H and O–H groups in total. The minimum absolute atomic E-state index is 0.109. The van der Waals surface area contributed by atoms with E-state index in [-0.39, 0.29) is 46.1 Å². The van der Waals surface area contributed by atoms with Crippen LogP contribution in [0.5, 0.6) is 0 Å². The summed E-state index contributed by atoms with van der Waals surface area (Å²) < 4.78 is 0. The first-order valence-electron chi connectivity index (χ1n) is 7.14. The Morgan fingerprint density at radius 1 is 1.14 bits per heavy atom. The molecule has 3 aliphatic rings. The summed E-state index contributed by atoms with van der Waals surface area (Å²) in [6, 6.07) is 4.47. The molecule has 1 aromatic rings. The molecule has 2 bridgehead atoms. The van der Waals surface area contributed by atoms with Gasteiger partial charge in [-0.05, 0) is 36.5 Å². The number of nitrogens with two attached hydrogens (primary N) is 1. The topological polar surface area (TPSA) is 80.5 Å². The Hall–Kier alpha value is -2.14. The summed E-state index contributed by atoms with van der Waals surface area (Å²) in [5.41, 5.74) is 5.75.